The van der Waals surface area contributed by atoms with Crippen LogP contribution in [0, 0.1) is 11.8 Å². The van der Waals surface area contributed by atoms with E-state index in [1.807, 2.05) is 0 Å². The fourth-order valence-corrected chi connectivity index (χ4v) is 2.62. The Hall–Kier alpha value is -0.340. The van der Waals surface area contributed by atoms with Crippen LogP contribution in [0.25, 0.3) is 0 Å². The lowest BCUT2D eigenvalue weighted by Crippen LogP contribution is -2.59. The number of nitrogens with one attached hydrogen (secondary N) is 2. The normalized spacial score (nSPS) is 50.2. The van der Waals surface area contributed by atoms with Crippen molar-refractivity contribution in [2.45, 2.75) is 45.4 Å². The summed E-state index contributed by atoms with van der Waals surface area (Å²) >= 11 is 0. The minimum absolute atomic E-state index is 0.499. The fraction of sp³-hybridized carbons (Fsp3) is 0.818. The van der Waals surface area contributed by atoms with Gasteiger partial charge in [-0.15, -0.1) is 0 Å². The lowest BCUT2D eigenvalue weighted by molar-refractivity contribution is 0.164. The first-order valence-electron chi connectivity index (χ1n) is 5.37. The molecule has 0 bridgehead atoms. The van der Waals surface area contributed by atoms with Crippen molar-refractivity contribution in [3.8, 4) is 0 Å². The standard InChI is InChI=1S/C11H20N2/c1-7-6-9(3)13-11-10(7)5-4-8(2)12-11/h4-5,7-13H,6H2,1-3H3. The summed E-state index contributed by atoms with van der Waals surface area (Å²) in [4.78, 5) is 0. The largest absolute Gasteiger partial charge is 0.299 e. The van der Waals surface area contributed by atoms with Crippen LogP contribution in [0.4, 0.5) is 0 Å². The summed E-state index contributed by atoms with van der Waals surface area (Å²) in [6.07, 6.45) is 6.46. The highest BCUT2D eigenvalue weighted by atomic mass is 15.2. The maximum absolute atomic E-state index is 3.62. The van der Waals surface area contributed by atoms with Crippen molar-refractivity contribution in [1.82, 2.24) is 10.6 Å². The van der Waals surface area contributed by atoms with Crippen LogP contribution in [0.15, 0.2) is 12.2 Å². The Morgan fingerprint density at radius 1 is 1.08 bits per heavy atom. The fourth-order valence-electron chi connectivity index (χ4n) is 2.62. The van der Waals surface area contributed by atoms with Crippen molar-refractivity contribution in [1.29, 1.82) is 0 Å². The molecule has 5 atom stereocenters. The molecule has 1 saturated heterocycles. The van der Waals surface area contributed by atoms with E-state index in [2.05, 4.69) is 43.6 Å². The molecule has 2 aliphatic heterocycles. The summed E-state index contributed by atoms with van der Waals surface area (Å²) in [5.74, 6) is 1.49. The van der Waals surface area contributed by atoms with Crippen LogP contribution in [-0.2, 0) is 0 Å². The van der Waals surface area contributed by atoms with Gasteiger partial charge in [-0.25, -0.2) is 0 Å². The van der Waals surface area contributed by atoms with Gasteiger partial charge in [-0.3, -0.25) is 10.6 Å². The smallest absolute Gasteiger partial charge is 0.0645 e. The molecule has 0 radical (unpaired) electrons. The van der Waals surface area contributed by atoms with Gasteiger partial charge >= 0.3 is 0 Å². The highest BCUT2D eigenvalue weighted by molar-refractivity contribution is 5.08. The van der Waals surface area contributed by atoms with E-state index in [1.165, 1.54) is 6.42 Å². The molecule has 2 N–H and O–H groups in total. The van der Waals surface area contributed by atoms with E-state index >= 15 is 0 Å². The summed E-state index contributed by atoms with van der Waals surface area (Å²) in [5, 5.41) is 7.20. The molecule has 0 aromatic carbocycles. The van der Waals surface area contributed by atoms with Gasteiger partial charge in [0.05, 0.1) is 6.17 Å². The van der Waals surface area contributed by atoms with Gasteiger partial charge in [0.2, 0.25) is 0 Å². The molecule has 2 aliphatic rings. The summed E-state index contributed by atoms with van der Waals surface area (Å²) in [6.45, 7) is 6.84. The Balaban J connectivity index is 2.11. The molecule has 2 heteroatoms. The number of rotatable bonds is 0. The monoisotopic (exact) mass is 180 g/mol. The Kier molecular flexibility index (Phi) is 2.43. The maximum Gasteiger partial charge on any atom is 0.0645 e. The van der Waals surface area contributed by atoms with Gasteiger partial charge < -0.3 is 0 Å². The summed E-state index contributed by atoms with van der Waals surface area (Å²) in [6, 6.07) is 1.17. The van der Waals surface area contributed by atoms with Crippen LogP contribution in [0.1, 0.15) is 27.2 Å². The SMILES string of the molecule is CC1C=CC2C(C)CC(C)NC2N1. The van der Waals surface area contributed by atoms with E-state index in [0.717, 1.165) is 5.92 Å². The van der Waals surface area contributed by atoms with Gasteiger partial charge in [-0.05, 0) is 26.2 Å². The average molecular weight is 180 g/mol. The predicted octanol–water partition coefficient (Wildman–Crippen LogP) is 1.49. The molecular formula is C11H20N2. The third-order valence-corrected chi connectivity index (χ3v) is 3.30. The van der Waals surface area contributed by atoms with Crippen LogP contribution in [0.3, 0.4) is 0 Å². The van der Waals surface area contributed by atoms with Gasteiger partial charge in [0.15, 0.2) is 0 Å². The van der Waals surface area contributed by atoms with Gasteiger partial charge in [-0.2, -0.15) is 0 Å². The van der Waals surface area contributed by atoms with Crippen molar-refractivity contribution in [3.63, 3.8) is 0 Å². The molecular weight excluding hydrogens is 160 g/mol. The van der Waals surface area contributed by atoms with E-state index in [0.29, 0.717) is 24.2 Å². The molecule has 5 unspecified atom stereocenters. The van der Waals surface area contributed by atoms with E-state index in [-0.39, 0.29) is 0 Å². The summed E-state index contributed by atoms with van der Waals surface area (Å²) in [7, 11) is 0. The molecule has 0 saturated carbocycles. The third kappa shape index (κ3) is 1.79. The zero-order chi connectivity index (χ0) is 9.42. The van der Waals surface area contributed by atoms with Crippen LogP contribution in [0.5, 0.6) is 0 Å². The van der Waals surface area contributed by atoms with E-state index in [9.17, 15) is 0 Å². The van der Waals surface area contributed by atoms with Crippen molar-refractivity contribution in [2.24, 2.45) is 11.8 Å². The first kappa shape index (κ1) is 9.22. The quantitative estimate of drug-likeness (QED) is 0.552. The Labute approximate surface area is 80.8 Å². The van der Waals surface area contributed by atoms with E-state index < -0.39 is 0 Å². The molecule has 0 spiro atoms. The van der Waals surface area contributed by atoms with Crippen LogP contribution >= 0.6 is 0 Å². The molecule has 2 rings (SSSR count). The van der Waals surface area contributed by atoms with Gasteiger partial charge in [-0.1, -0.05) is 19.1 Å². The average Bonchev–Trinajstić information content (AvgIpc) is 2.02. The van der Waals surface area contributed by atoms with Crippen molar-refractivity contribution < 1.29 is 0 Å². The Bertz CT molecular complexity index is 212. The predicted molar refractivity (Wildman–Crippen MR) is 55.4 cm³/mol. The summed E-state index contributed by atoms with van der Waals surface area (Å²) in [5.41, 5.74) is 0. The number of hydrogen-bond acceptors (Lipinski definition) is 2. The van der Waals surface area contributed by atoms with Gasteiger partial charge in [0, 0.05) is 18.0 Å². The molecule has 0 aromatic heterocycles. The molecule has 13 heavy (non-hydrogen) atoms. The van der Waals surface area contributed by atoms with Gasteiger partial charge in [0.25, 0.3) is 0 Å². The number of fused-ring (bicyclic) bond motifs is 1. The lowest BCUT2D eigenvalue weighted by Gasteiger charge is -2.43. The highest BCUT2D eigenvalue weighted by Crippen LogP contribution is 2.28. The highest BCUT2D eigenvalue weighted by Gasteiger charge is 2.33. The Morgan fingerprint density at radius 2 is 1.85 bits per heavy atom. The van der Waals surface area contributed by atoms with Crippen LogP contribution in [-0.4, -0.2) is 18.2 Å². The lowest BCUT2D eigenvalue weighted by atomic mass is 9.80. The molecule has 2 nitrogen and oxygen atoms in total. The van der Waals surface area contributed by atoms with Crippen LogP contribution in [0.2, 0.25) is 0 Å². The number of hydrogen-bond donors (Lipinski definition) is 2. The second kappa shape index (κ2) is 3.43. The third-order valence-electron chi connectivity index (χ3n) is 3.30. The first-order valence-corrected chi connectivity index (χ1v) is 5.37. The minimum Gasteiger partial charge on any atom is -0.299 e. The number of piperidine rings is 1. The minimum atomic E-state index is 0.499. The van der Waals surface area contributed by atoms with E-state index in [1.54, 1.807) is 0 Å². The second-order valence-electron chi connectivity index (χ2n) is 4.68. The molecule has 0 aromatic rings. The molecule has 74 valence electrons. The van der Waals surface area contributed by atoms with Gasteiger partial charge in [0.1, 0.15) is 0 Å². The van der Waals surface area contributed by atoms with Crippen molar-refractivity contribution >= 4 is 0 Å². The Morgan fingerprint density at radius 3 is 2.62 bits per heavy atom. The maximum atomic E-state index is 3.62. The molecule has 1 fully saturated rings. The van der Waals surface area contributed by atoms with E-state index in [4.69, 9.17) is 0 Å². The molecule has 2 heterocycles. The molecule has 0 aliphatic carbocycles. The zero-order valence-corrected chi connectivity index (χ0v) is 8.75. The van der Waals surface area contributed by atoms with Crippen molar-refractivity contribution in [3.05, 3.63) is 12.2 Å². The summed E-state index contributed by atoms with van der Waals surface area (Å²) < 4.78 is 0. The topological polar surface area (TPSA) is 24.1 Å². The molecule has 0 amide bonds. The second-order valence-corrected chi connectivity index (χ2v) is 4.68. The zero-order valence-electron chi connectivity index (χ0n) is 8.75. The van der Waals surface area contributed by atoms with Crippen molar-refractivity contribution in [2.75, 3.05) is 0 Å². The first-order chi connectivity index (χ1) is 6.16. The van der Waals surface area contributed by atoms with Crippen LogP contribution < -0.4 is 10.6 Å².